The molecule has 0 fully saturated rings. The molecule has 0 saturated heterocycles. The number of hydrogen-bond donors (Lipinski definition) is 1. The Balaban J connectivity index is 1.46. The molecule has 4 aromatic rings. The molecule has 0 unspecified atom stereocenters. The van der Waals surface area contributed by atoms with Gasteiger partial charge in [-0.3, -0.25) is 9.48 Å². The molecule has 2 aromatic heterocycles. The van der Waals surface area contributed by atoms with Crippen LogP contribution in [0.4, 0.5) is 10.1 Å². The number of nitrogens with one attached hydrogen (secondary N) is 1. The first kappa shape index (κ1) is 18.2. The standard InChI is InChI=1S/C21H18FN3O2S/c1-13-18-11-19(28-21(18)25(2)24-13)20(26)23-16-7-4-8-17(10-16)27-12-14-5-3-6-15(22)9-14/h3-11H,12H2,1-2H3,(H,23,26). The molecule has 0 bridgehead atoms. The molecule has 1 amide bonds. The second kappa shape index (κ2) is 7.44. The Kier molecular flexibility index (Phi) is 4.83. The molecule has 1 N–H and O–H groups in total. The number of carbonyl (C=O) groups excluding carboxylic acids is 1. The number of rotatable bonds is 5. The number of anilines is 1. The van der Waals surface area contributed by atoms with Crippen molar-refractivity contribution in [2.45, 2.75) is 13.5 Å². The van der Waals surface area contributed by atoms with E-state index in [1.165, 1.54) is 23.5 Å². The molecule has 5 nitrogen and oxygen atoms in total. The molecular formula is C21H18FN3O2S. The minimum Gasteiger partial charge on any atom is -0.489 e. The molecular weight excluding hydrogens is 377 g/mol. The van der Waals surface area contributed by atoms with E-state index in [1.807, 2.05) is 20.0 Å². The van der Waals surface area contributed by atoms with Gasteiger partial charge in [0.05, 0.1) is 10.6 Å². The average molecular weight is 395 g/mol. The summed E-state index contributed by atoms with van der Waals surface area (Å²) in [6.45, 7) is 2.17. The van der Waals surface area contributed by atoms with Gasteiger partial charge in [0.15, 0.2) is 0 Å². The number of ether oxygens (including phenoxy) is 1. The zero-order chi connectivity index (χ0) is 19.7. The normalized spacial score (nSPS) is 11.0. The lowest BCUT2D eigenvalue weighted by molar-refractivity contribution is 0.103. The van der Waals surface area contributed by atoms with Gasteiger partial charge >= 0.3 is 0 Å². The second-order valence-electron chi connectivity index (χ2n) is 6.44. The predicted molar refractivity (Wildman–Crippen MR) is 108 cm³/mol. The highest BCUT2D eigenvalue weighted by atomic mass is 32.1. The number of amides is 1. The summed E-state index contributed by atoms with van der Waals surface area (Å²) in [5.41, 5.74) is 2.28. The van der Waals surface area contributed by atoms with Crippen LogP contribution in [0.5, 0.6) is 5.75 Å². The monoisotopic (exact) mass is 395 g/mol. The van der Waals surface area contributed by atoms with Crippen molar-refractivity contribution >= 4 is 33.1 Å². The third kappa shape index (κ3) is 3.75. The Labute approximate surface area is 165 Å². The number of hydrogen-bond acceptors (Lipinski definition) is 4. The molecule has 142 valence electrons. The van der Waals surface area contributed by atoms with Crippen molar-refractivity contribution in [2.24, 2.45) is 7.05 Å². The molecule has 7 heteroatoms. The minimum atomic E-state index is -0.295. The average Bonchev–Trinajstić information content (AvgIpc) is 3.22. The number of aromatic nitrogens is 2. The molecule has 0 aliphatic heterocycles. The minimum absolute atomic E-state index is 0.178. The van der Waals surface area contributed by atoms with E-state index in [0.29, 0.717) is 16.3 Å². The van der Waals surface area contributed by atoms with Crippen LogP contribution in [0.1, 0.15) is 20.9 Å². The first-order valence-corrected chi connectivity index (χ1v) is 9.53. The molecule has 4 rings (SSSR count). The van der Waals surface area contributed by atoms with Gasteiger partial charge in [-0.2, -0.15) is 5.10 Å². The fourth-order valence-electron chi connectivity index (χ4n) is 2.97. The van der Waals surface area contributed by atoms with Crippen LogP contribution in [-0.2, 0) is 13.7 Å². The number of benzene rings is 2. The summed E-state index contributed by atoms with van der Waals surface area (Å²) < 4.78 is 20.8. The highest BCUT2D eigenvalue weighted by molar-refractivity contribution is 7.20. The second-order valence-corrected chi connectivity index (χ2v) is 7.47. The number of aryl methyl sites for hydroxylation is 2. The van der Waals surface area contributed by atoms with Gasteiger partial charge in [-0.15, -0.1) is 11.3 Å². The van der Waals surface area contributed by atoms with Gasteiger partial charge in [-0.25, -0.2) is 4.39 Å². The summed E-state index contributed by atoms with van der Waals surface area (Å²) in [6, 6.07) is 15.3. The van der Waals surface area contributed by atoms with E-state index in [-0.39, 0.29) is 18.3 Å². The maximum Gasteiger partial charge on any atom is 0.265 e. The molecule has 0 radical (unpaired) electrons. The van der Waals surface area contributed by atoms with Crippen LogP contribution in [0.25, 0.3) is 10.2 Å². The fourth-order valence-corrected chi connectivity index (χ4v) is 3.99. The Morgan fingerprint density at radius 3 is 2.82 bits per heavy atom. The van der Waals surface area contributed by atoms with Crippen LogP contribution in [-0.4, -0.2) is 15.7 Å². The molecule has 2 aromatic carbocycles. The van der Waals surface area contributed by atoms with Crippen molar-refractivity contribution in [2.75, 3.05) is 5.32 Å². The number of nitrogens with zero attached hydrogens (tertiary/aromatic N) is 2. The van der Waals surface area contributed by atoms with Crippen molar-refractivity contribution in [3.8, 4) is 5.75 Å². The highest BCUT2D eigenvalue weighted by Gasteiger charge is 2.15. The SMILES string of the molecule is Cc1nn(C)c2sc(C(=O)Nc3cccc(OCc4cccc(F)c4)c3)cc12. The van der Waals surface area contributed by atoms with E-state index >= 15 is 0 Å². The summed E-state index contributed by atoms with van der Waals surface area (Å²) >= 11 is 1.41. The quantitative estimate of drug-likeness (QED) is 0.522. The topological polar surface area (TPSA) is 56.2 Å². The predicted octanol–water partition coefficient (Wildman–Crippen LogP) is 4.91. The highest BCUT2D eigenvalue weighted by Crippen LogP contribution is 2.28. The van der Waals surface area contributed by atoms with Crippen molar-refractivity contribution in [3.63, 3.8) is 0 Å². The number of halogens is 1. The molecule has 0 atom stereocenters. The molecule has 2 heterocycles. The third-order valence-electron chi connectivity index (χ3n) is 4.31. The van der Waals surface area contributed by atoms with E-state index in [4.69, 9.17) is 4.74 Å². The van der Waals surface area contributed by atoms with Gasteiger partial charge in [-0.1, -0.05) is 18.2 Å². The summed E-state index contributed by atoms with van der Waals surface area (Å²) in [4.78, 5) is 14.2. The van der Waals surface area contributed by atoms with E-state index in [1.54, 1.807) is 41.1 Å². The molecule has 0 aliphatic rings. The summed E-state index contributed by atoms with van der Waals surface area (Å²) in [7, 11) is 1.87. The Bertz CT molecular complexity index is 1130. The smallest absolute Gasteiger partial charge is 0.265 e. The summed E-state index contributed by atoms with van der Waals surface area (Å²) in [5.74, 6) is 0.122. The maximum absolute atomic E-state index is 13.3. The van der Waals surface area contributed by atoms with E-state index in [9.17, 15) is 9.18 Å². The van der Waals surface area contributed by atoms with Crippen LogP contribution in [0.3, 0.4) is 0 Å². The maximum atomic E-state index is 13.3. The zero-order valence-corrected chi connectivity index (χ0v) is 16.2. The van der Waals surface area contributed by atoms with E-state index in [2.05, 4.69) is 10.4 Å². The van der Waals surface area contributed by atoms with Crippen LogP contribution >= 0.6 is 11.3 Å². The van der Waals surface area contributed by atoms with Gasteiger partial charge in [0.2, 0.25) is 0 Å². The number of carbonyl (C=O) groups is 1. The molecule has 28 heavy (non-hydrogen) atoms. The lowest BCUT2D eigenvalue weighted by atomic mass is 10.2. The van der Waals surface area contributed by atoms with Crippen LogP contribution in [0, 0.1) is 12.7 Å². The third-order valence-corrected chi connectivity index (χ3v) is 5.51. The van der Waals surface area contributed by atoms with Crippen molar-refractivity contribution in [3.05, 3.63) is 76.5 Å². The Morgan fingerprint density at radius 2 is 2.04 bits per heavy atom. The first-order valence-electron chi connectivity index (χ1n) is 8.71. The summed E-state index contributed by atoms with van der Waals surface area (Å²) in [5, 5.41) is 8.24. The number of thiophene rings is 1. The van der Waals surface area contributed by atoms with Gasteiger partial charge in [0.1, 0.15) is 23.0 Å². The lowest BCUT2D eigenvalue weighted by Gasteiger charge is -2.09. The zero-order valence-electron chi connectivity index (χ0n) is 15.4. The van der Waals surface area contributed by atoms with E-state index in [0.717, 1.165) is 21.5 Å². The summed E-state index contributed by atoms with van der Waals surface area (Å²) in [6.07, 6.45) is 0. The van der Waals surface area contributed by atoms with Gasteiger partial charge in [0, 0.05) is 24.2 Å². The largest absolute Gasteiger partial charge is 0.489 e. The Hall–Kier alpha value is -3.19. The molecule has 0 aliphatic carbocycles. The van der Waals surface area contributed by atoms with Crippen molar-refractivity contribution in [1.29, 1.82) is 0 Å². The first-order chi connectivity index (χ1) is 13.5. The number of fused-ring (bicyclic) bond motifs is 1. The van der Waals surface area contributed by atoms with Crippen molar-refractivity contribution < 1.29 is 13.9 Å². The molecule has 0 saturated carbocycles. The van der Waals surface area contributed by atoms with E-state index < -0.39 is 0 Å². The van der Waals surface area contributed by atoms with Crippen molar-refractivity contribution in [1.82, 2.24) is 9.78 Å². The van der Waals surface area contributed by atoms with Crippen LogP contribution in [0.2, 0.25) is 0 Å². The lowest BCUT2D eigenvalue weighted by Crippen LogP contribution is -2.10. The molecule has 0 spiro atoms. The Morgan fingerprint density at radius 1 is 1.21 bits per heavy atom. The van der Waals surface area contributed by atoms with Gasteiger partial charge in [-0.05, 0) is 42.8 Å². The van der Waals surface area contributed by atoms with Gasteiger partial charge < -0.3 is 10.1 Å². The fraction of sp³-hybridized carbons (Fsp3) is 0.143. The van der Waals surface area contributed by atoms with Gasteiger partial charge in [0.25, 0.3) is 5.91 Å². The van der Waals surface area contributed by atoms with Crippen LogP contribution in [0.15, 0.2) is 54.6 Å². The van der Waals surface area contributed by atoms with Crippen LogP contribution < -0.4 is 10.1 Å².